The number of hydrogen-bond donors (Lipinski definition) is 0. The van der Waals surface area contributed by atoms with Crippen LogP contribution in [-0.4, -0.2) is 19.9 Å². The van der Waals surface area contributed by atoms with Crippen LogP contribution in [0.4, 0.5) is 0 Å². The summed E-state index contributed by atoms with van der Waals surface area (Å²) in [6, 6.07) is 54.1. The Morgan fingerprint density at radius 3 is 1.86 bits per heavy atom. The highest BCUT2D eigenvalue weighted by molar-refractivity contribution is 7.26. The van der Waals surface area contributed by atoms with Crippen molar-refractivity contribution in [2.75, 3.05) is 0 Å². The monoisotopic (exact) mass is 658 g/mol. The maximum atomic E-state index is 6.34. The summed E-state index contributed by atoms with van der Waals surface area (Å²) >= 11 is 1.73. The summed E-state index contributed by atoms with van der Waals surface area (Å²) in [5, 5.41) is 4.51. The van der Waals surface area contributed by atoms with Crippen LogP contribution in [0, 0.1) is 0 Å². The maximum absolute atomic E-state index is 6.34. The third kappa shape index (κ3) is 4.93. The Kier molecular flexibility index (Phi) is 6.60. The first-order valence-corrected chi connectivity index (χ1v) is 17.3. The van der Waals surface area contributed by atoms with E-state index in [0.717, 1.165) is 64.5 Å². The second kappa shape index (κ2) is 11.6. The summed E-state index contributed by atoms with van der Waals surface area (Å²) in [5.41, 5.74) is 7.68. The van der Waals surface area contributed by atoms with Crippen molar-refractivity contribution in [3.63, 3.8) is 0 Å². The molecule has 10 rings (SSSR count). The van der Waals surface area contributed by atoms with Crippen molar-refractivity contribution >= 4 is 53.4 Å². The van der Waals surface area contributed by atoms with E-state index in [9.17, 15) is 0 Å². The lowest BCUT2D eigenvalue weighted by molar-refractivity contribution is 0.620. The quantitative estimate of drug-likeness (QED) is 0.184. The molecular weight excluding hydrogens is 633 g/mol. The standard InChI is InChI=1S/C44H26N4OS/c1-3-10-27(11-4-1)29-18-21-31(22-19-29)44-45-36-25-35-39(26-37(36)49-44)50-38-17-9-16-34(40(35)38)43-47-41(30-13-5-2-6-14-30)46-42(48-43)33-23-20-28-12-7-8-15-32(28)24-33/h1-26H. The molecule has 0 fully saturated rings. The molecule has 0 radical (unpaired) electrons. The van der Waals surface area contributed by atoms with Crippen molar-refractivity contribution in [3.05, 3.63) is 158 Å². The molecule has 10 aromatic rings. The lowest BCUT2D eigenvalue weighted by Crippen LogP contribution is -2.00. The van der Waals surface area contributed by atoms with Crippen LogP contribution in [0.15, 0.2) is 162 Å². The van der Waals surface area contributed by atoms with Crippen molar-refractivity contribution in [2.45, 2.75) is 0 Å². The van der Waals surface area contributed by atoms with E-state index in [1.165, 1.54) is 10.9 Å². The summed E-state index contributed by atoms with van der Waals surface area (Å²) in [6.45, 7) is 0. The molecule has 0 saturated heterocycles. The van der Waals surface area contributed by atoms with Gasteiger partial charge in [-0.2, -0.15) is 0 Å². The second-order valence-electron chi connectivity index (χ2n) is 12.3. The number of rotatable bonds is 5. The minimum absolute atomic E-state index is 0.604. The molecule has 0 N–H and O–H groups in total. The van der Waals surface area contributed by atoms with E-state index in [0.29, 0.717) is 23.4 Å². The SMILES string of the molecule is c1ccc(-c2ccc(-c3nc4cc5c(cc4o3)sc3cccc(-c4nc(-c6ccccc6)nc(-c6ccc7ccccc7c6)n4)c35)cc2)cc1. The summed E-state index contributed by atoms with van der Waals surface area (Å²) in [5.74, 6) is 2.51. The van der Waals surface area contributed by atoms with Crippen LogP contribution < -0.4 is 0 Å². The number of fused-ring (bicyclic) bond motifs is 5. The Balaban J connectivity index is 1.12. The van der Waals surface area contributed by atoms with E-state index >= 15 is 0 Å². The Morgan fingerprint density at radius 2 is 1.06 bits per heavy atom. The second-order valence-corrected chi connectivity index (χ2v) is 13.4. The molecule has 0 atom stereocenters. The summed E-state index contributed by atoms with van der Waals surface area (Å²) < 4.78 is 8.61. The molecule has 6 heteroatoms. The number of oxazole rings is 1. The summed E-state index contributed by atoms with van der Waals surface area (Å²) in [7, 11) is 0. The van der Waals surface area contributed by atoms with Crippen LogP contribution in [0.2, 0.25) is 0 Å². The summed E-state index contributed by atoms with van der Waals surface area (Å²) in [6.07, 6.45) is 0. The van der Waals surface area contributed by atoms with Crippen LogP contribution in [0.5, 0.6) is 0 Å². The van der Waals surface area contributed by atoms with Crippen molar-refractivity contribution in [1.29, 1.82) is 0 Å². The molecule has 5 nitrogen and oxygen atoms in total. The normalized spacial score (nSPS) is 11.6. The zero-order chi connectivity index (χ0) is 33.0. The lowest BCUT2D eigenvalue weighted by atomic mass is 10.0. The minimum atomic E-state index is 0.604. The van der Waals surface area contributed by atoms with Crippen LogP contribution in [0.1, 0.15) is 0 Å². The van der Waals surface area contributed by atoms with Gasteiger partial charge in [0.2, 0.25) is 5.89 Å². The Bertz CT molecular complexity index is 2860. The molecule has 0 aliphatic heterocycles. The molecule has 0 saturated carbocycles. The van der Waals surface area contributed by atoms with E-state index in [1.54, 1.807) is 11.3 Å². The van der Waals surface area contributed by atoms with E-state index in [4.69, 9.17) is 24.4 Å². The first-order valence-electron chi connectivity index (χ1n) is 16.5. The molecule has 0 spiro atoms. The maximum Gasteiger partial charge on any atom is 0.227 e. The highest BCUT2D eigenvalue weighted by Gasteiger charge is 2.19. The largest absolute Gasteiger partial charge is 0.436 e. The number of thiophene rings is 1. The van der Waals surface area contributed by atoms with Crippen LogP contribution in [0.25, 0.3) is 98.8 Å². The summed E-state index contributed by atoms with van der Waals surface area (Å²) in [4.78, 5) is 20.2. The van der Waals surface area contributed by atoms with E-state index in [-0.39, 0.29) is 0 Å². The van der Waals surface area contributed by atoms with Crippen molar-refractivity contribution in [1.82, 2.24) is 19.9 Å². The number of hydrogen-bond acceptors (Lipinski definition) is 6. The van der Waals surface area contributed by atoms with Gasteiger partial charge < -0.3 is 4.42 Å². The van der Waals surface area contributed by atoms with Gasteiger partial charge in [0.1, 0.15) is 5.52 Å². The zero-order valence-corrected chi connectivity index (χ0v) is 27.4. The molecule has 0 unspecified atom stereocenters. The Morgan fingerprint density at radius 1 is 0.420 bits per heavy atom. The molecule has 7 aromatic carbocycles. The smallest absolute Gasteiger partial charge is 0.227 e. The van der Waals surface area contributed by atoms with Gasteiger partial charge in [0.25, 0.3) is 0 Å². The highest BCUT2D eigenvalue weighted by atomic mass is 32.1. The zero-order valence-electron chi connectivity index (χ0n) is 26.6. The van der Waals surface area contributed by atoms with E-state index in [1.807, 2.05) is 36.4 Å². The van der Waals surface area contributed by atoms with Gasteiger partial charge in [-0.15, -0.1) is 11.3 Å². The molecule has 0 bridgehead atoms. The Labute approximate surface area is 291 Å². The number of nitrogens with zero attached hydrogens (tertiary/aromatic N) is 4. The minimum Gasteiger partial charge on any atom is -0.436 e. The van der Waals surface area contributed by atoms with Gasteiger partial charge in [0, 0.05) is 48.5 Å². The van der Waals surface area contributed by atoms with Gasteiger partial charge in [-0.25, -0.2) is 19.9 Å². The van der Waals surface area contributed by atoms with Crippen molar-refractivity contribution in [3.8, 4) is 56.7 Å². The number of aromatic nitrogens is 4. The van der Waals surface area contributed by atoms with Gasteiger partial charge in [0.15, 0.2) is 23.1 Å². The molecule has 3 heterocycles. The van der Waals surface area contributed by atoms with Crippen molar-refractivity contribution in [2.24, 2.45) is 0 Å². The van der Waals surface area contributed by atoms with Gasteiger partial charge >= 0.3 is 0 Å². The fourth-order valence-corrected chi connectivity index (χ4v) is 7.81. The Hall–Kier alpha value is -6.50. The van der Waals surface area contributed by atoms with E-state index < -0.39 is 0 Å². The van der Waals surface area contributed by atoms with Crippen LogP contribution >= 0.6 is 11.3 Å². The molecule has 50 heavy (non-hydrogen) atoms. The average molecular weight is 659 g/mol. The van der Waals surface area contributed by atoms with Gasteiger partial charge in [0.05, 0.1) is 0 Å². The molecule has 0 aliphatic rings. The lowest BCUT2D eigenvalue weighted by Gasteiger charge is -2.10. The first kappa shape index (κ1) is 28.5. The fourth-order valence-electron chi connectivity index (χ4n) is 6.66. The topological polar surface area (TPSA) is 64.7 Å². The molecule has 0 amide bonds. The molecule has 0 aliphatic carbocycles. The first-order chi connectivity index (χ1) is 24.7. The van der Waals surface area contributed by atoms with Crippen LogP contribution in [-0.2, 0) is 0 Å². The van der Waals surface area contributed by atoms with Gasteiger partial charge in [-0.05, 0) is 52.2 Å². The van der Waals surface area contributed by atoms with Crippen LogP contribution in [0.3, 0.4) is 0 Å². The fraction of sp³-hybridized carbons (Fsp3) is 0. The molecular formula is C44H26N4OS. The average Bonchev–Trinajstić information content (AvgIpc) is 3.78. The predicted molar refractivity (Wildman–Crippen MR) is 205 cm³/mol. The molecule has 234 valence electrons. The predicted octanol–water partition coefficient (Wildman–Crippen LogP) is 11.9. The van der Waals surface area contributed by atoms with Gasteiger partial charge in [-0.3, -0.25) is 0 Å². The van der Waals surface area contributed by atoms with Gasteiger partial charge in [-0.1, -0.05) is 121 Å². The molecule has 3 aromatic heterocycles. The highest BCUT2D eigenvalue weighted by Crippen LogP contribution is 2.42. The third-order valence-corrected chi connectivity index (χ3v) is 10.3. The van der Waals surface area contributed by atoms with Crippen molar-refractivity contribution < 1.29 is 4.42 Å². The van der Waals surface area contributed by atoms with E-state index in [2.05, 4.69) is 121 Å². The third-order valence-electron chi connectivity index (χ3n) is 9.16. The number of benzene rings is 7.